The lowest BCUT2D eigenvalue weighted by Gasteiger charge is -2.32. The normalized spacial score (nSPS) is 16.6. The van der Waals surface area contributed by atoms with Crippen molar-refractivity contribution in [1.82, 2.24) is 14.8 Å². The van der Waals surface area contributed by atoms with Gasteiger partial charge in [-0.1, -0.05) is 60.1 Å². The molecule has 1 aliphatic heterocycles. The second-order valence-electron chi connectivity index (χ2n) is 8.10. The molecule has 2 atom stereocenters. The smallest absolute Gasteiger partial charge is 0.264 e. The summed E-state index contributed by atoms with van der Waals surface area (Å²) in [4.78, 5) is 17.0. The number of carbonyl (C=O) groups is 1. The maximum Gasteiger partial charge on any atom is 0.264 e. The number of amides is 1. The number of nitrogens with one attached hydrogen (secondary N) is 2. The highest BCUT2D eigenvalue weighted by Gasteiger charge is 2.33. The molecule has 0 saturated carbocycles. The molecule has 8 nitrogen and oxygen atoms in total. The van der Waals surface area contributed by atoms with Crippen LogP contribution in [0.4, 0.5) is 11.9 Å². The summed E-state index contributed by atoms with van der Waals surface area (Å²) < 4.78 is 12.9. The van der Waals surface area contributed by atoms with E-state index in [0.717, 1.165) is 16.9 Å². The summed E-state index contributed by atoms with van der Waals surface area (Å²) in [6.07, 6.45) is 0.697. The van der Waals surface area contributed by atoms with Crippen molar-refractivity contribution in [2.75, 3.05) is 24.4 Å². The summed E-state index contributed by atoms with van der Waals surface area (Å²) in [6.45, 7) is -0.148. The van der Waals surface area contributed by atoms with Crippen LogP contribution in [0.2, 0.25) is 5.02 Å². The largest absolute Gasteiger partial charge is 0.496 e. The lowest BCUT2D eigenvalue weighted by Crippen LogP contribution is -2.28. The zero-order chi connectivity index (χ0) is 24.2. The number of rotatable bonds is 7. The van der Waals surface area contributed by atoms with Gasteiger partial charge in [-0.15, -0.1) is 5.10 Å². The molecule has 4 aromatic rings. The van der Waals surface area contributed by atoms with Gasteiger partial charge in [0, 0.05) is 10.6 Å². The molecular formula is C26H24ClN5O3. The number of fused-ring (bicyclic) bond motifs is 1. The number of carbonyl (C=O) groups excluding carboxylic acids is 1. The lowest BCUT2D eigenvalue weighted by atomic mass is 9.93. The Kier molecular flexibility index (Phi) is 6.54. The molecule has 0 unspecified atom stereocenters. The van der Waals surface area contributed by atoms with E-state index in [1.54, 1.807) is 23.9 Å². The Morgan fingerprint density at radius 2 is 1.83 bits per heavy atom. The van der Waals surface area contributed by atoms with Crippen molar-refractivity contribution in [3.63, 3.8) is 0 Å². The van der Waals surface area contributed by atoms with Crippen LogP contribution in [0.5, 0.6) is 11.5 Å². The topological polar surface area (TPSA) is 90.3 Å². The van der Waals surface area contributed by atoms with E-state index in [2.05, 4.69) is 20.7 Å². The van der Waals surface area contributed by atoms with E-state index >= 15 is 0 Å². The molecule has 2 heterocycles. The van der Waals surface area contributed by atoms with Crippen molar-refractivity contribution in [3.05, 3.63) is 95.0 Å². The van der Waals surface area contributed by atoms with Crippen molar-refractivity contribution < 1.29 is 14.3 Å². The molecular weight excluding hydrogens is 466 g/mol. The predicted molar refractivity (Wildman–Crippen MR) is 134 cm³/mol. The molecule has 2 N–H and O–H groups in total. The lowest BCUT2D eigenvalue weighted by molar-refractivity contribution is -0.118. The van der Waals surface area contributed by atoms with E-state index in [9.17, 15) is 4.79 Å². The monoisotopic (exact) mass is 489 g/mol. The Morgan fingerprint density at radius 1 is 1.09 bits per heavy atom. The molecule has 0 fully saturated rings. The first-order chi connectivity index (χ1) is 17.1. The fourth-order valence-corrected chi connectivity index (χ4v) is 4.30. The van der Waals surface area contributed by atoms with Crippen LogP contribution >= 0.6 is 11.6 Å². The molecule has 3 aromatic carbocycles. The average molecular weight is 490 g/mol. The molecule has 9 heteroatoms. The Morgan fingerprint density at radius 3 is 2.60 bits per heavy atom. The molecule has 1 aliphatic rings. The fraction of sp³-hybridized carbons (Fsp3) is 0.192. The zero-order valence-electron chi connectivity index (χ0n) is 19.0. The molecule has 0 saturated heterocycles. The highest BCUT2D eigenvalue weighted by Crippen LogP contribution is 2.41. The Hall–Kier alpha value is -4.04. The van der Waals surface area contributed by atoms with Gasteiger partial charge in [0.1, 0.15) is 11.5 Å². The molecule has 0 aliphatic carbocycles. The van der Waals surface area contributed by atoms with E-state index in [4.69, 9.17) is 21.1 Å². The van der Waals surface area contributed by atoms with Crippen LogP contribution in [-0.2, 0) is 4.79 Å². The van der Waals surface area contributed by atoms with Crippen LogP contribution in [0, 0.1) is 0 Å². The quantitative estimate of drug-likeness (QED) is 0.375. The molecule has 178 valence electrons. The first-order valence-electron chi connectivity index (χ1n) is 11.2. The van der Waals surface area contributed by atoms with Gasteiger partial charge in [-0.25, -0.2) is 4.68 Å². The van der Waals surface area contributed by atoms with Crippen molar-refractivity contribution in [3.8, 4) is 11.5 Å². The van der Waals surface area contributed by atoms with Gasteiger partial charge in [0.25, 0.3) is 11.9 Å². The van der Waals surface area contributed by atoms with Gasteiger partial charge >= 0.3 is 0 Å². The maximum atomic E-state index is 12.5. The standard InChI is InChI=1S/C26H24ClN5O3/c1-34-23-10-6-5-9-20(23)22-15-21(17-11-13-18(27)14-12-17)28-26-30-25(31-32(22)26)29-24(33)16-35-19-7-3-2-4-8-19/h2-14,21-22H,15-16H2,1H3,(H2,28,29,30,31,33)/t21-,22+/m1/s1. The molecule has 5 rings (SSSR count). The van der Waals surface area contributed by atoms with Crippen molar-refractivity contribution >= 4 is 29.4 Å². The van der Waals surface area contributed by atoms with Gasteiger partial charge in [-0.2, -0.15) is 4.98 Å². The molecule has 0 bridgehead atoms. The number of hydrogen-bond donors (Lipinski definition) is 2. The first kappa shape index (κ1) is 22.7. The van der Waals surface area contributed by atoms with E-state index in [0.29, 0.717) is 23.1 Å². The number of aromatic nitrogens is 3. The van der Waals surface area contributed by atoms with Gasteiger partial charge in [0.15, 0.2) is 6.61 Å². The van der Waals surface area contributed by atoms with E-state index in [1.165, 1.54) is 0 Å². The minimum absolute atomic E-state index is 0.0381. The average Bonchev–Trinajstić information content (AvgIpc) is 3.30. The molecule has 0 radical (unpaired) electrons. The predicted octanol–water partition coefficient (Wildman–Crippen LogP) is 5.10. The van der Waals surface area contributed by atoms with Crippen LogP contribution in [0.15, 0.2) is 78.9 Å². The number of ether oxygens (including phenoxy) is 2. The molecule has 1 amide bonds. The molecule has 1 aromatic heterocycles. The first-order valence-corrected chi connectivity index (χ1v) is 11.6. The summed E-state index contributed by atoms with van der Waals surface area (Å²) in [6, 6.07) is 24.5. The Labute approximate surface area is 207 Å². The number of para-hydroxylation sites is 2. The third-order valence-electron chi connectivity index (χ3n) is 5.82. The summed E-state index contributed by atoms with van der Waals surface area (Å²) in [5.41, 5.74) is 2.05. The van der Waals surface area contributed by atoms with Gasteiger partial charge in [0.2, 0.25) is 5.95 Å². The fourth-order valence-electron chi connectivity index (χ4n) is 4.17. The second-order valence-corrected chi connectivity index (χ2v) is 8.53. The number of hydrogen-bond acceptors (Lipinski definition) is 6. The van der Waals surface area contributed by atoms with Crippen molar-refractivity contribution in [2.45, 2.75) is 18.5 Å². The highest BCUT2D eigenvalue weighted by molar-refractivity contribution is 6.30. The van der Waals surface area contributed by atoms with Gasteiger partial charge in [0.05, 0.1) is 19.2 Å². The van der Waals surface area contributed by atoms with Crippen LogP contribution < -0.4 is 20.1 Å². The minimum atomic E-state index is -0.347. The number of halogens is 1. The van der Waals surface area contributed by atoms with Gasteiger partial charge < -0.3 is 14.8 Å². The number of nitrogens with zero attached hydrogens (tertiary/aromatic N) is 3. The summed E-state index contributed by atoms with van der Waals surface area (Å²) in [5.74, 6) is 1.78. The molecule has 35 heavy (non-hydrogen) atoms. The third-order valence-corrected chi connectivity index (χ3v) is 6.08. The highest BCUT2D eigenvalue weighted by atomic mass is 35.5. The molecule has 0 spiro atoms. The second kappa shape index (κ2) is 10.1. The Balaban J connectivity index is 1.41. The zero-order valence-corrected chi connectivity index (χ0v) is 19.8. The van der Waals surface area contributed by atoms with E-state index in [-0.39, 0.29) is 30.5 Å². The SMILES string of the molecule is COc1ccccc1[C@@H]1C[C@H](c2ccc(Cl)cc2)Nc2nc(NC(=O)COc3ccccc3)nn21. The van der Waals surface area contributed by atoms with Crippen LogP contribution in [-0.4, -0.2) is 34.4 Å². The maximum absolute atomic E-state index is 12.5. The number of benzene rings is 3. The summed E-state index contributed by atoms with van der Waals surface area (Å²) in [7, 11) is 1.65. The van der Waals surface area contributed by atoms with Crippen LogP contribution in [0.3, 0.4) is 0 Å². The van der Waals surface area contributed by atoms with Gasteiger partial charge in [-0.05, 0) is 42.3 Å². The third kappa shape index (κ3) is 5.07. The number of anilines is 2. The van der Waals surface area contributed by atoms with Crippen LogP contribution in [0.1, 0.15) is 29.6 Å². The van der Waals surface area contributed by atoms with E-state index in [1.807, 2.05) is 66.7 Å². The van der Waals surface area contributed by atoms with Crippen molar-refractivity contribution in [2.24, 2.45) is 0 Å². The number of methoxy groups -OCH3 is 1. The van der Waals surface area contributed by atoms with Crippen molar-refractivity contribution in [1.29, 1.82) is 0 Å². The van der Waals surface area contributed by atoms with Crippen LogP contribution in [0.25, 0.3) is 0 Å². The summed E-state index contributed by atoms with van der Waals surface area (Å²) >= 11 is 6.10. The Bertz CT molecular complexity index is 1310. The summed E-state index contributed by atoms with van der Waals surface area (Å²) in [5, 5.41) is 11.5. The van der Waals surface area contributed by atoms with E-state index < -0.39 is 0 Å². The van der Waals surface area contributed by atoms with Gasteiger partial charge in [-0.3, -0.25) is 10.1 Å². The minimum Gasteiger partial charge on any atom is -0.496 e.